The third-order valence-corrected chi connectivity index (χ3v) is 9.04. The molecule has 3 heterocycles. The minimum Gasteiger partial charge on any atom is -0.494 e. The number of halogens is 1. The fourth-order valence-electron chi connectivity index (χ4n) is 6.43. The van der Waals surface area contributed by atoms with Gasteiger partial charge in [0.05, 0.1) is 18.3 Å². The number of benzene rings is 2. The van der Waals surface area contributed by atoms with Crippen LogP contribution in [-0.2, 0) is 13.6 Å². The van der Waals surface area contributed by atoms with Gasteiger partial charge in [0.1, 0.15) is 11.3 Å². The maximum absolute atomic E-state index is 13.6. The van der Waals surface area contributed by atoms with Gasteiger partial charge in [-0.15, -0.1) is 0 Å². The lowest BCUT2D eigenvalue weighted by atomic mass is 10.1. The molecule has 2 bridgehead atoms. The predicted molar refractivity (Wildman–Crippen MR) is 144 cm³/mol. The molecule has 1 saturated heterocycles. The van der Waals surface area contributed by atoms with Crippen LogP contribution in [0.15, 0.2) is 40.9 Å². The van der Waals surface area contributed by atoms with Gasteiger partial charge >= 0.3 is 0 Å². The number of carbonyl (C=O) groups excluding carboxylic acids is 1. The Morgan fingerprint density at radius 1 is 1.17 bits per heavy atom. The lowest BCUT2D eigenvalue weighted by molar-refractivity contribution is 0.0700. The van der Waals surface area contributed by atoms with E-state index in [0.717, 1.165) is 53.0 Å². The average molecular weight is 548 g/mol. The number of methoxy groups -OCH3 is 1. The minimum absolute atomic E-state index is 0.0257. The Balaban J connectivity index is 1.35. The average Bonchev–Trinajstić information content (AvgIpc) is 3.29. The highest BCUT2D eigenvalue weighted by Gasteiger charge is 2.47. The molecule has 36 heavy (non-hydrogen) atoms. The van der Waals surface area contributed by atoms with Crippen molar-refractivity contribution in [3.8, 4) is 17.3 Å². The normalized spacial score (nSPS) is 23.3. The van der Waals surface area contributed by atoms with E-state index in [1.54, 1.807) is 7.11 Å². The molecule has 3 atom stereocenters. The Morgan fingerprint density at radius 2 is 2.00 bits per heavy atom. The Labute approximate surface area is 218 Å². The smallest absolute Gasteiger partial charge is 0.254 e. The fourth-order valence-corrected chi connectivity index (χ4v) is 6.78. The summed E-state index contributed by atoms with van der Waals surface area (Å²) in [5, 5.41) is 1.20. The first-order valence-corrected chi connectivity index (χ1v) is 13.6. The summed E-state index contributed by atoms with van der Waals surface area (Å²) in [6, 6.07) is 12.7. The summed E-state index contributed by atoms with van der Waals surface area (Å²) in [5.41, 5.74) is 11.0. The van der Waals surface area contributed by atoms with Crippen molar-refractivity contribution in [1.82, 2.24) is 19.0 Å². The van der Waals surface area contributed by atoms with Gasteiger partial charge in [-0.2, -0.15) is 0 Å². The number of rotatable bonds is 5. The van der Waals surface area contributed by atoms with E-state index in [4.69, 9.17) is 15.5 Å². The van der Waals surface area contributed by atoms with Crippen molar-refractivity contribution in [1.29, 1.82) is 0 Å². The first kappa shape index (κ1) is 22.4. The Bertz CT molecular complexity index is 1530. The molecule has 1 amide bonds. The third kappa shape index (κ3) is 3.34. The highest BCUT2D eigenvalue weighted by Crippen LogP contribution is 2.40. The zero-order valence-electron chi connectivity index (χ0n) is 20.6. The molecule has 7 nitrogen and oxygen atoms in total. The van der Waals surface area contributed by atoms with Gasteiger partial charge in [-0.05, 0) is 67.9 Å². The summed E-state index contributed by atoms with van der Waals surface area (Å²) in [5.74, 6) is 2.70. The molecule has 1 aliphatic heterocycles. The number of imidazole rings is 1. The number of hydrogen-bond acceptors (Lipinski definition) is 4. The van der Waals surface area contributed by atoms with E-state index in [2.05, 4.69) is 49.3 Å². The second-order valence-corrected chi connectivity index (χ2v) is 11.7. The second kappa shape index (κ2) is 8.08. The third-order valence-electron chi connectivity index (χ3n) is 8.55. The van der Waals surface area contributed by atoms with Crippen molar-refractivity contribution >= 4 is 43.8 Å². The van der Waals surface area contributed by atoms with Crippen LogP contribution in [-0.4, -0.2) is 50.7 Å². The lowest BCUT2D eigenvalue weighted by Crippen LogP contribution is -2.41. The van der Waals surface area contributed by atoms with Gasteiger partial charge < -0.3 is 24.5 Å². The van der Waals surface area contributed by atoms with Gasteiger partial charge in [0.15, 0.2) is 5.82 Å². The van der Waals surface area contributed by atoms with E-state index in [1.807, 2.05) is 24.1 Å². The molecular formula is C28H30BrN5O2. The molecule has 3 aliphatic rings. The number of carbonyl (C=O) groups is 1. The zero-order chi connectivity index (χ0) is 24.7. The van der Waals surface area contributed by atoms with Crippen molar-refractivity contribution in [2.75, 3.05) is 13.7 Å². The van der Waals surface area contributed by atoms with Crippen LogP contribution < -0.4 is 10.5 Å². The maximum Gasteiger partial charge on any atom is 0.254 e. The molecule has 2 saturated carbocycles. The number of amides is 1. The van der Waals surface area contributed by atoms with Crippen LogP contribution in [0, 0.1) is 11.8 Å². The molecule has 0 spiro atoms. The van der Waals surface area contributed by atoms with E-state index >= 15 is 0 Å². The number of nitrogens with zero attached hydrogens (tertiary/aromatic N) is 4. The molecule has 2 aliphatic carbocycles. The molecule has 1 unspecified atom stereocenters. The van der Waals surface area contributed by atoms with Gasteiger partial charge in [0.2, 0.25) is 0 Å². The van der Waals surface area contributed by atoms with E-state index in [9.17, 15) is 4.79 Å². The second-order valence-electron chi connectivity index (χ2n) is 10.8. The molecule has 4 aromatic rings. The Kier molecular flexibility index (Phi) is 5.02. The van der Waals surface area contributed by atoms with Gasteiger partial charge in [0, 0.05) is 53.2 Å². The van der Waals surface area contributed by atoms with Crippen molar-refractivity contribution in [3.63, 3.8) is 0 Å². The van der Waals surface area contributed by atoms with Crippen molar-refractivity contribution < 1.29 is 9.53 Å². The van der Waals surface area contributed by atoms with Crippen LogP contribution in [0.4, 0.5) is 0 Å². The van der Waals surface area contributed by atoms with Crippen LogP contribution >= 0.6 is 15.9 Å². The number of nitrogens with two attached hydrogens (primary N) is 1. The van der Waals surface area contributed by atoms with E-state index in [-0.39, 0.29) is 18.0 Å². The largest absolute Gasteiger partial charge is 0.494 e. The summed E-state index contributed by atoms with van der Waals surface area (Å²) >= 11 is 3.65. The van der Waals surface area contributed by atoms with Crippen molar-refractivity contribution in [3.05, 3.63) is 46.4 Å². The number of fused-ring (bicyclic) bond motifs is 4. The van der Waals surface area contributed by atoms with Gasteiger partial charge in [-0.25, -0.2) is 4.98 Å². The number of likely N-dealkylation sites (tertiary alicyclic amines) is 1. The van der Waals surface area contributed by atoms with Gasteiger partial charge in [-0.3, -0.25) is 4.79 Å². The molecule has 3 fully saturated rings. The predicted octanol–water partition coefficient (Wildman–Crippen LogP) is 4.94. The highest BCUT2D eigenvalue weighted by molar-refractivity contribution is 9.10. The summed E-state index contributed by atoms with van der Waals surface area (Å²) in [7, 11) is 3.69. The van der Waals surface area contributed by atoms with Gasteiger partial charge in [-0.1, -0.05) is 22.0 Å². The molecule has 2 N–H and O–H groups in total. The molecule has 2 aromatic heterocycles. The van der Waals surface area contributed by atoms with E-state index in [1.165, 1.54) is 23.7 Å². The highest BCUT2D eigenvalue weighted by atomic mass is 79.9. The maximum atomic E-state index is 13.6. The molecule has 7 rings (SSSR count). The number of ether oxygens (including phenoxy) is 1. The van der Waals surface area contributed by atoms with Crippen LogP contribution in [0.5, 0.6) is 5.75 Å². The summed E-state index contributed by atoms with van der Waals surface area (Å²) in [4.78, 5) is 20.6. The fraction of sp³-hybridized carbons (Fsp3) is 0.429. The number of piperidine rings is 1. The minimum atomic E-state index is 0.0257. The van der Waals surface area contributed by atoms with Gasteiger partial charge in [0.25, 0.3) is 5.91 Å². The molecule has 0 radical (unpaired) electrons. The van der Waals surface area contributed by atoms with E-state index < -0.39 is 0 Å². The first-order valence-electron chi connectivity index (χ1n) is 12.8. The summed E-state index contributed by atoms with van der Waals surface area (Å²) in [6.07, 6.45) is 4.66. The number of aryl methyl sites for hydroxylation is 1. The monoisotopic (exact) mass is 547 g/mol. The summed E-state index contributed by atoms with van der Waals surface area (Å²) < 4.78 is 11.4. The SMILES string of the molecule is COc1cc(C(=O)N2C[C@H]3CCC2[C@@H]3N)cc2nc(-c3cc4ccc(Br)cc4n3CC3CC3)n(C)c12. The van der Waals surface area contributed by atoms with Crippen LogP contribution in [0.1, 0.15) is 36.0 Å². The zero-order valence-corrected chi connectivity index (χ0v) is 22.2. The van der Waals surface area contributed by atoms with Crippen LogP contribution in [0.2, 0.25) is 0 Å². The lowest BCUT2D eigenvalue weighted by Gasteiger charge is -2.27. The van der Waals surface area contributed by atoms with Crippen LogP contribution in [0.3, 0.4) is 0 Å². The summed E-state index contributed by atoms with van der Waals surface area (Å²) in [6.45, 7) is 1.73. The number of aromatic nitrogens is 3. The molecular weight excluding hydrogens is 518 g/mol. The Hall–Kier alpha value is -2.84. The quantitative estimate of drug-likeness (QED) is 0.384. The molecule has 8 heteroatoms. The topological polar surface area (TPSA) is 78.3 Å². The number of hydrogen-bond donors (Lipinski definition) is 1. The van der Waals surface area contributed by atoms with Crippen LogP contribution in [0.25, 0.3) is 33.5 Å². The molecule has 2 aromatic carbocycles. The van der Waals surface area contributed by atoms with E-state index in [0.29, 0.717) is 23.1 Å². The first-order chi connectivity index (χ1) is 17.4. The Morgan fingerprint density at radius 3 is 2.69 bits per heavy atom. The van der Waals surface area contributed by atoms with Crippen molar-refractivity contribution in [2.24, 2.45) is 24.6 Å². The standard InChI is InChI=1S/C28H30BrN5O2/c1-32-26-20(9-18(11-24(26)36-2)28(35)34-14-17-6-8-21(34)25(17)30)31-27(32)23-10-16-5-7-19(29)12-22(16)33(23)13-15-3-4-15/h5,7,9-12,15,17,21,25H,3-4,6,8,13-14,30H2,1-2H3/t17-,21?,25-/m1/s1. The molecule has 186 valence electrons. The van der Waals surface area contributed by atoms with Crippen molar-refractivity contribution in [2.45, 2.75) is 44.3 Å².